The number of rotatable bonds is 3. The van der Waals surface area contributed by atoms with Crippen molar-refractivity contribution in [3.8, 4) is 0 Å². The number of likely N-dealkylation sites (tertiary alicyclic amines) is 1. The maximum atomic E-state index is 12.7. The summed E-state index contributed by atoms with van der Waals surface area (Å²) in [5.74, 6) is -0.547. The third-order valence-corrected chi connectivity index (χ3v) is 4.38. The third kappa shape index (κ3) is 6.07. The molecular weight excluding hydrogens is 285 g/mol. The molecule has 1 saturated heterocycles. The van der Waals surface area contributed by atoms with Gasteiger partial charge in [0.25, 0.3) is 0 Å². The largest absolute Gasteiger partial charge is 0.444 e. The number of ether oxygens (including phenoxy) is 1. The van der Waals surface area contributed by atoms with Crippen LogP contribution >= 0.6 is 0 Å². The summed E-state index contributed by atoms with van der Waals surface area (Å²) in [7, 11) is -4.43. The fourth-order valence-electron chi connectivity index (χ4n) is 2.43. The fourth-order valence-corrected chi connectivity index (χ4v) is 3.33. The van der Waals surface area contributed by atoms with E-state index in [1.807, 2.05) is 20.8 Å². The lowest BCUT2D eigenvalue weighted by Gasteiger charge is -2.35. The van der Waals surface area contributed by atoms with Crippen LogP contribution in [0.1, 0.15) is 40.5 Å². The molecule has 1 atom stereocenters. The summed E-state index contributed by atoms with van der Waals surface area (Å²) in [6.07, 6.45) is 1.01. The van der Waals surface area contributed by atoms with Crippen LogP contribution in [-0.4, -0.2) is 43.9 Å². The molecule has 0 N–H and O–H groups in total. The number of piperidine rings is 1. The van der Waals surface area contributed by atoms with Gasteiger partial charge in [-0.3, -0.25) is 0 Å². The summed E-state index contributed by atoms with van der Waals surface area (Å²) in [4.78, 5) is 13.5. The first kappa shape index (κ1) is 17.2. The van der Waals surface area contributed by atoms with E-state index >= 15 is 0 Å². The van der Waals surface area contributed by atoms with Crippen molar-refractivity contribution in [3.05, 3.63) is 0 Å². The van der Waals surface area contributed by atoms with Crippen LogP contribution in [-0.2, 0) is 15.0 Å². The Morgan fingerprint density at radius 2 is 1.85 bits per heavy atom. The Labute approximate surface area is 120 Å². The summed E-state index contributed by atoms with van der Waals surface area (Å²) < 4.78 is 39.3. The van der Waals surface area contributed by atoms with Gasteiger partial charge >= 0.3 is 16.3 Å². The SMILES string of the molecule is CC(CS(=O)(=O)F)C1CCN(C(=O)OC(C)(C)C)CC1. The van der Waals surface area contributed by atoms with Crippen LogP contribution < -0.4 is 0 Å². The van der Waals surface area contributed by atoms with Gasteiger partial charge in [-0.2, -0.15) is 8.42 Å². The van der Waals surface area contributed by atoms with Gasteiger partial charge in [0.05, 0.1) is 5.75 Å². The van der Waals surface area contributed by atoms with Gasteiger partial charge in [0.2, 0.25) is 0 Å². The van der Waals surface area contributed by atoms with Crippen molar-refractivity contribution >= 4 is 16.3 Å². The second kappa shape index (κ2) is 6.28. The van der Waals surface area contributed by atoms with Crippen LogP contribution in [0, 0.1) is 11.8 Å². The molecule has 0 saturated carbocycles. The lowest BCUT2D eigenvalue weighted by molar-refractivity contribution is 0.0166. The molecule has 1 rings (SSSR count). The van der Waals surface area contributed by atoms with E-state index in [2.05, 4.69) is 0 Å². The van der Waals surface area contributed by atoms with Crippen LogP contribution in [0.2, 0.25) is 0 Å². The average molecular weight is 309 g/mol. The van der Waals surface area contributed by atoms with E-state index in [1.165, 1.54) is 0 Å². The lowest BCUT2D eigenvalue weighted by Crippen LogP contribution is -2.43. The molecule has 0 bridgehead atoms. The van der Waals surface area contributed by atoms with Crippen LogP contribution in [0.3, 0.4) is 0 Å². The van der Waals surface area contributed by atoms with Gasteiger partial charge in [-0.25, -0.2) is 4.79 Å². The zero-order chi connectivity index (χ0) is 15.6. The van der Waals surface area contributed by atoms with Crippen molar-refractivity contribution in [2.45, 2.75) is 46.1 Å². The molecule has 0 spiro atoms. The van der Waals surface area contributed by atoms with E-state index in [9.17, 15) is 17.1 Å². The first-order chi connectivity index (χ1) is 8.98. The van der Waals surface area contributed by atoms with Gasteiger partial charge in [-0.15, -0.1) is 3.89 Å². The zero-order valence-electron chi connectivity index (χ0n) is 12.6. The summed E-state index contributed by atoms with van der Waals surface area (Å²) in [5, 5.41) is 0. The minimum absolute atomic E-state index is 0.124. The number of hydrogen-bond donors (Lipinski definition) is 0. The summed E-state index contributed by atoms with van der Waals surface area (Å²) in [6.45, 7) is 8.22. The standard InChI is InChI=1S/C13H24FNO4S/c1-10(9-20(14,17)18)11-5-7-15(8-6-11)12(16)19-13(2,3)4/h10-11H,5-9H2,1-4H3. The average Bonchev–Trinajstić information content (AvgIpc) is 2.24. The van der Waals surface area contributed by atoms with Gasteiger partial charge in [-0.05, 0) is 45.4 Å². The molecule has 5 nitrogen and oxygen atoms in total. The Morgan fingerprint density at radius 1 is 1.35 bits per heavy atom. The quantitative estimate of drug-likeness (QED) is 0.752. The predicted octanol–water partition coefficient (Wildman–Crippen LogP) is 2.57. The molecule has 7 heteroatoms. The molecule has 1 aliphatic heterocycles. The number of amides is 1. The molecule has 20 heavy (non-hydrogen) atoms. The molecule has 0 aromatic heterocycles. The first-order valence-corrected chi connectivity index (χ1v) is 8.43. The van der Waals surface area contributed by atoms with Crippen molar-refractivity contribution in [2.75, 3.05) is 18.8 Å². The molecule has 1 fully saturated rings. The Kier molecular flexibility index (Phi) is 5.40. The Bertz CT molecular complexity index is 436. The van der Waals surface area contributed by atoms with Crippen molar-refractivity contribution in [2.24, 2.45) is 11.8 Å². The van der Waals surface area contributed by atoms with E-state index in [-0.39, 0.29) is 17.9 Å². The van der Waals surface area contributed by atoms with Crippen molar-refractivity contribution in [1.29, 1.82) is 0 Å². The minimum atomic E-state index is -4.43. The number of nitrogens with zero attached hydrogens (tertiary/aromatic N) is 1. The summed E-state index contributed by atoms with van der Waals surface area (Å²) in [5.41, 5.74) is -0.524. The van der Waals surface area contributed by atoms with Gasteiger partial charge in [0, 0.05) is 13.1 Å². The van der Waals surface area contributed by atoms with E-state index in [0.717, 1.165) is 0 Å². The number of hydrogen-bond acceptors (Lipinski definition) is 4. The molecule has 118 valence electrons. The van der Waals surface area contributed by atoms with Gasteiger partial charge in [0.1, 0.15) is 5.60 Å². The molecule has 0 aliphatic carbocycles. The molecule has 0 aromatic carbocycles. The molecule has 1 unspecified atom stereocenters. The van der Waals surface area contributed by atoms with Crippen LogP contribution in [0.25, 0.3) is 0 Å². The smallest absolute Gasteiger partial charge is 0.410 e. The van der Waals surface area contributed by atoms with Crippen molar-refractivity contribution in [3.63, 3.8) is 0 Å². The molecule has 1 aliphatic rings. The fraction of sp³-hybridized carbons (Fsp3) is 0.923. The first-order valence-electron chi connectivity index (χ1n) is 6.88. The summed E-state index contributed by atoms with van der Waals surface area (Å²) in [6, 6.07) is 0. The number of carbonyl (C=O) groups is 1. The zero-order valence-corrected chi connectivity index (χ0v) is 13.4. The predicted molar refractivity (Wildman–Crippen MR) is 74.6 cm³/mol. The lowest BCUT2D eigenvalue weighted by atomic mass is 9.87. The number of halogens is 1. The third-order valence-electron chi connectivity index (χ3n) is 3.46. The Balaban J connectivity index is 2.46. The maximum Gasteiger partial charge on any atom is 0.410 e. The highest BCUT2D eigenvalue weighted by atomic mass is 32.3. The summed E-state index contributed by atoms with van der Waals surface area (Å²) >= 11 is 0. The molecule has 1 heterocycles. The maximum absolute atomic E-state index is 12.7. The highest BCUT2D eigenvalue weighted by molar-refractivity contribution is 7.86. The van der Waals surface area contributed by atoms with Crippen LogP contribution in [0.4, 0.5) is 8.68 Å². The van der Waals surface area contributed by atoms with Crippen LogP contribution in [0.15, 0.2) is 0 Å². The van der Waals surface area contributed by atoms with Gasteiger partial charge in [0.15, 0.2) is 0 Å². The topological polar surface area (TPSA) is 63.7 Å². The van der Waals surface area contributed by atoms with E-state index < -0.39 is 21.6 Å². The van der Waals surface area contributed by atoms with E-state index in [1.54, 1.807) is 11.8 Å². The monoisotopic (exact) mass is 309 g/mol. The second-order valence-electron chi connectivity index (χ2n) is 6.49. The normalized spacial score (nSPS) is 19.8. The minimum Gasteiger partial charge on any atom is -0.444 e. The molecule has 0 aromatic rings. The molecule has 0 radical (unpaired) electrons. The highest BCUT2D eigenvalue weighted by Crippen LogP contribution is 2.27. The second-order valence-corrected chi connectivity index (χ2v) is 7.90. The van der Waals surface area contributed by atoms with Gasteiger partial charge in [-0.1, -0.05) is 6.92 Å². The van der Waals surface area contributed by atoms with Gasteiger partial charge < -0.3 is 9.64 Å². The van der Waals surface area contributed by atoms with Crippen molar-refractivity contribution in [1.82, 2.24) is 4.90 Å². The Hall–Kier alpha value is -0.850. The van der Waals surface area contributed by atoms with E-state index in [4.69, 9.17) is 4.74 Å². The van der Waals surface area contributed by atoms with Crippen LogP contribution in [0.5, 0.6) is 0 Å². The molecular formula is C13H24FNO4S. The Morgan fingerprint density at radius 3 is 2.25 bits per heavy atom. The highest BCUT2D eigenvalue weighted by Gasteiger charge is 2.30. The molecule has 1 amide bonds. The van der Waals surface area contributed by atoms with Crippen molar-refractivity contribution < 1.29 is 21.8 Å². The van der Waals surface area contributed by atoms with E-state index in [0.29, 0.717) is 25.9 Å². The number of carbonyl (C=O) groups excluding carboxylic acids is 1.